The van der Waals surface area contributed by atoms with E-state index in [2.05, 4.69) is 13.8 Å². The van der Waals surface area contributed by atoms with Crippen LogP contribution in [0.4, 0.5) is 0 Å². The first-order valence-corrected chi connectivity index (χ1v) is 15.1. The van der Waals surface area contributed by atoms with Crippen molar-refractivity contribution >= 4 is 11.8 Å². The highest BCUT2D eigenvalue weighted by Crippen LogP contribution is 2.70. The number of benzene rings is 1. The summed E-state index contributed by atoms with van der Waals surface area (Å²) in [6.07, 6.45) is 13.6. The van der Waals surface area contributed by atoms with Crippen molar-refractivity contribution in [1.29, 1.82) is 0 Å². The molecule has 4 saturated carbocycles. The first-order chi connectivity index (χ1) is 18.8. The highest BCUT2D eigenvalue weighted by Gasteiger charge is 2.65. The summed E-state index contributed by atoms with van der Waals surface area (Å²) >= 11 is 0. The molecule has 0 saturated heterocycles. The molecule has 6 heteroatoms. The molecule has 4 aliphatic carbocycles. The first kappa shape index (κ1) is 25.5. The van der Waals surface area contributed by atoms with Crippen molar-refractivity contribution in [3.05, 3.63) is 59.5 Å². The minimum atomic E-state index is -0.779. The van der Waals surface area contributed by atoms with E-state index in [1.807, 2.05) is 6.07 Å². The fourth-order valence-electron chi connectivity index (χ4n) is 10.1. The van der Waals surface area contributed by atoms with Crippen molar-refractivity contribution in [2.45, 2.75) is 83.3 Å². The van der Waals surface area contributed by atoms with Gasteiger partial charge in [-0.3, -0.25) is 14.5 Å². The summed E-state index contributed by atoms with van der Waals surface area (Å²) in [5.74, 6) is 2.18. The summed E-state index contributed by atoms with van der Waals surface area (Å²) in [6.45, 7) is 5.61. The van der Waals surface area contributed by atoms with E-state index in [9.17, 15) is 14.7 Å². The molecular formula is C33H41NO5. The van der Waals surface area contributed by atoms with E-state index >= 15 is 0 Å². The molecular weight excluding hydrogens is 490 g/mol. The lowest BCUT2D eigenvalue weighted by atomic mass is 9.44. The van der Waals surface area contributed by atoms with Crippen LogP contribution in [0.1, 0.15) is 97.9 Å². The second-order valence-electron chi connectivity index (χ2n) is 13.6. The van der Waals surface area contributed by atoms with E-state index in [4.69, 9.17) is 9.15 Å². The Balaban J connectivity index is 0.988. The summed E-state index contributed by atoms with van der Waals surface area (Å²) in [5.41, 5.74) is 1.42. The molecule has 0 unspecified atom stereocenters. The number of furan rings is 1. The molecule has 2 heterocycles. The Bertz CT molecular complexity index is 1240. The molecule has 1 aromatic heterocycles. The molecule has 7 rings (SSSR count). The summed E-state index contributed by atoms with van der Waals surface area (Å²) in [5, 5.41) is 12.0. The molecule has 39 heavy (non-hydrogen) atoms. The second kappa shape index (κ2) is 9.04. The van der Waals surface area contributed by atoms with Crippen LogP contribution < -0.4 is 0 Å². The van der Waals surface area contributed by atoms with Crippen LogP contribution in [0.5, 0.6) is 0 Å². The Morgan fingerprint density at radius 3 is 2.41 bits per heavy atom. The third kappa shape index (κ3) is 3.59. The van der Waals surface area contributed by atoms with E-state index in [1.54, 1.807) is 36.8 Å². The van der Waals surface area contributed by atoms with Gasteiger partial charge in [0.15, 0.2) is 0 Å². The average molecular weight is 532 g/mol. The Morgan fingerprint density at radius 1 is 0.949 bits per heavy atom. The number of carbonyl (C=O) groups is 2. The maximum Gasteiger partial charge on any atom is 0.261 e. The number of amides is 2. The van der Waals surface area contributed by atoms with Crippen molar-refractivity contribution in [2.75, 3.05) is 13.2 Å². The fraction of sp³-hybridized carbons (Fsp3) is 0.636. The van der Waals surface area contributed by atoms with Crippen LogP contribution >= 0.6 is 0 Å². The molecule has 0 bridgehead atoms. The zero-order valence-electron chi connectivity index (χ0n) is 23.2. The van der Waals surface area contributed by atoms with E-state index in [0.717, 1.165) is 37.7 Å². The number of fused-ring (bicyclic) bond motifs is 6. The molecule has 8 atom stereocenters. The Morgan fingerprint density at radius 2 is 1.69 bits per heavy atom. The van der Waals surface area contributed by atoms with Gasteiger partial charge in [0.1, 0.15) is 0 Å². The van der Waals surface area contributed by atoms with Crippen LogP contribution in [-0.2, 0) is 10.3 Å². The van der Waals surface area contributed by atoms with E-state index < -0.39 is 5.60 Å². The molecule has 208 valence electrons. The van der Waals surface area contributed by atoms with Crippen LogP contribution in [0.3, 0.4) is 0 Å². The van der Waals surface area contributed by atoms with Crippen molar-refractivity contribution in [1.82, 2.24) is 4.90 Å². The molecule has 6 nitrogen and oxygen atoms in total. The maximum atomic E-state index is 12.7. The molecule has 1 aromatic carbocycles. The number of aliphatic hydroxyl groups is 1. The van der Waals surface area contributed by atoms with Crippen LogP contribution in [0.15, 0.2) is 47.3 Å². The van der Waals surface area contributed by atoms with Crippen LogP contribution in [0.2, 0.25) is 0 Å². The van der Waals surface area contributed by atoms with Gasteiger partial charge in [0.05, 0.1) is 48.5 Å². The fourth-order valence-corrected chi connectivity index (χ4v) is 10.1. The van der Waals surface area contributed by atoms with Gasteiger partial charge in [-0.1, -0.05) is 26.0 Å². The monoisotopic (exact) mass is 531 g/mol. The van der Waals surface area contributed by atoms with E-state index in [0.29, 0.717) is 53.4 Å². The van der Waals surface area contributed by atoms with Crippen LogP contribution in [0.25, 0.3) is 0 Å². The van der Waals surface area contributed by atoms with Gasteiger partial charge in [-0.25, -0.2) is 0 Å². The highest BCUT2D eigenvalue weighted by molar-refractivity contribution is 6.21. The minimum absolute atomic E-state index is 0.0916. The topological polar surface area (TPSA) is 80.0 Å². The Hall–Kier alpha value is -2.44. The number of hydrogen-bond acceptors (Lipinski definition) is 5. The molecule has 5 aliphatic rings. The minimum Gasteiger partial charge on any atom is -0.472 e. The molecule has 0 radical (unpaired) electrons. The van der Waals surface area contributed by atoms with Gasteiger partial charge in [-0.15, -0.1) is 0 Å². The first-order valence-electron chi connectivity index (χ1n) is 15.1. The maximum absolute atomic E-state index is 12.7. The predicted molar refractivity (Wildman–Crippen MR) is 146 cm³/mol. The van der Waals surface area contributed by atoms with Crippen molar-refractivity contribution < 1.29 is 23.8 Å². The SMILES string of the molecule is C[C@]12CC[C@H](OCCN3C(=O)c4ccccc4C3=O)C[C@H]1CC[C@@H]1[C@@H]2CC[C@@]2(C)[C@H]1CC[C@@]2(O)c1ccoc1. The number of carbonyl (C=O) groups excluding carboxylic acids is 2. The normalized spacial score (nSPS) is 41.2. The summed E-state index contributed by atoms with van der Waals surface area (Å²) in [7, 11) is 0. The number of ether oxygens (including phenoxy) is 1. The zero-order chi connectivity index (χ0) is 27.0. The molecule has 1 aliphatic heterocycles. The number of rotatable bonds is 5. The van der Waals surface area contributed by atoms with Gasteiger partial charge < -0.3 is 14.3 Å². The van der Waals surface area contributed by atoms with Crippen molar-refractivity contribution in [3.8, 4) is 0 Å². The number of imide groups is 1. The highest BCUT2D eigenvalue weighted by atomic mass is 16.5. The zero-order valence-corrected chi connectivity index (χ0v) is 23.2. The predicted octanol–water partition coefficient (Wildman–Crippen LogP) is 6.19. The van der Waals surface area contributed by atoms with E-state index in [-0.39, 0.29) is 23.3 Å². The lowest BCUT2D eigenvalue weighted by Gasteiger charge is -2.61. The Labute approximate surface area is 231 Å². The molecule has 4 fully saturated rings. The van der Waals surface area contributed by atoms with Crippen molar-refractivity contribution in [3.63, 3.8) is 0 Å². The summed E-state index contributed by atoms with van der Waals surface area (Å²) < 4.78 is 11.7. The lowest BCUT2D eigenvalue weighted by molar-refractivity contribution is -0.164. The summed E-state index contributed by atoms with van der Waals surface area (Å²) in [4.78, 5) is 26.7. The third-order valence-electron chi connectivity index (χ3n) is 12.3. The van der Waals surface area contributed by atoms with E-state index in [1.165, 1.54) is 30.6 Å². The second-order valence-corrected chi connectivity index (χ2v) is 13.6. The number of hydrogen-bond donors (Lipinski definition) is 1. The standard InChI is InChI=1S/C33H41NO5/c1-31-13-9-23(39-18-16-34-29(35)24-5-3-4-6-25(24)30(34)36)19-21(31)7-8-26-27(31)10-14-32(2)28(26)11-15-33(32,37)22-12-17-38-20-22/h3-6,12,17,20-21,23,26-28,37H,7-11,13-16,18-19H2,1-2H3/t21-,23+,26-,27+,28+,31+,32+,33-/m1/s1. The molecule has 0 spiro atoms. The van der Waals surface area contributed by atoms with Gasteiger partial charge >= 0.3 is 0 Å². The largest absolute Gasteiger partial charge is 0.472 e. The smallest absolute Gasteiger partial charge is 0.261 e. The van der Waals surface area contributed by atoms with Gasteiger partial charge in [0.2, 0.25) is 0 Å². The summed E-state index contributed by atoms with van der Waals surface area (Å²) in [6, 6.07) is 9.03. The lowest BCUT2D eigenvalue weighted by Crippen LogP contribution is -2.56. The van der Waals surface area contributed by atoms with Gasteiger partial charge in [-0.2, -0.15) is 0 Å². The van der Waals surface area contributed by atoms with Crippen LogP contribution in [-0.4, -0.2) is 41.1 Å². The van der Waals surface area contributed by atoms with Gasteiger partial charge in [0.25, 0.3) is 11.8 Å². The Kier molecular flexibility index (Phi) is 5.91. The number of nitrogens with zero attached hydrogens (tertiary/aromatic N) is 1. The van der Waals surface area contributed by atoms with Gasteiger partial charge in [-0.05, 0) is 105 Å². The third-order valence-corrected chi connectivity index (χ3v) is 12.3. The van der Waals surface area contributed by atoms with Crippen molar-refractivity contribution in [2.24, 2.45) is 34.5 Å². The quantitative estimate of drug-likeness (QED) is 0.465. The molecule has 2 aromatic rings. The molecule has 2 amide bonds. The van der Waals surface area contributed by atoms with Gasteiger partial charge in [0, 0.05) is 11.0 Å². The van der Waals surface area contributed by atoms with Crippen LogP contribution in [0, 0.1) is 34.5 Å². The average Bonchev–Trinajstić information content (AvgIpc) is 3.63. The molecule has 1 N–H and O–H groups in total.